The zero-order valence-electron chi connectivity index (χ0n) is 21.3. The van der Waals surface area contributed by atoms with Crippen molar-refractivity contribution in [1.82, 2.24) is 30.0 Å². The molecule has 0 unspecified atom stereocenters. The second kappa shape index (κ2) is 10.3. The number of hydrogen-bond donors (Lipinski definition) is 3. The Kier molecular flexibility index (Phi) is 6.89. The average molecular weight is 618 g/mol. The molecule has 0 spiro atoms. The number of alkyl halides is 3. The molecular formula is C27H27BrF3N7O2. The number of carbonyl (C=O) groups is 1. The minimum atomic E-state index is -4.65. The lowest BCUT2D eigenvalue weighted by molar-refractivity contribution is -0.270. The third-order valence-corrected chi connectivity index (χ3v) is 8.62. The fourth-order valence-electron chi connectivity index (χ4n) is 5.69. The van der Waals surface area contributed by atoms with E-state index in [1.165, 1.54) is 0 Å². The maximum absolute atomic E-state index is 13.1. The third kappa shape index (κ3) is 5.12. The van der Waals surface area contributed by atoms with Gasteiger partial charge in [-0.05, 0) is 85.1 Å². The van der Waals surface area contributed by atoms with Crippen LogP contribution in [0.2, 0.25) is 0 Å². The minimum Gasteiger partial charge on any atom is -0.380 e. The van der Waals surface area contributed by atoms with Crippen LogP contribution in [0.5, 0.6) is 0 Å². The molecule has 2 aliphatic carbocycles. The second-order valence-electron chi connectivity index (χ2n) is 10.7. The van der Waals surface area contributed by atoms with Crippen molar-refractivity contribution in [1.29, 1.82) is 0 Å². The van der Waals surface area contributed by atoms with Crippen LogP contribution in [-0.4, -0.2) is 59.6 Å². The van der Waals surface area contributed by atoms with E-state index in [2.05, 4.69) is 41.6 Å². The molecule has 3 N–H and O–H groups in total. The van der Waals surface area contributed by atoms with E-state index >= 15 is 0 Å². The van der Waals surface area contributed by atoms with Crippen LogP contribution in [0, 0.1) is 5.92 Å². The SMILES string of the molecule is O=C(N[C@H]1CC[C@@](O)(C(F)(F)F)CC1)[C@@H]1CC[C@@H](Nc2ncc3c(Br)nn(-c4ccc5ncccc5c4)c3n2)C1. The van der Waals surface area contributed by atoms with E-state index < -0.39 is 24.6 Å². The molecule has 2 atom stereocenters. The van der Waals surface area contributed by atoms with Gasteiger partial charge in [-0.2, -0.15) is 23.3 Å². The molecule has 6 rings (SSSR count). The van der Waals surface area contributed by atoms with Crippen molar-refractivity contribution in [3.05, 3.63) is 47.3 Å². The number of pyridine rings is 1. The number of amides is 1. The van der Waals surface area contributed by atoms with Gasteiger partial charge in [-0.1, -0.05) is 6.07 Å². The molecule has 40 heavy (non-hydrogen) atoms. The molecule has 0 saturated heterocycles. The van der Waals surface area contributed by atoms with Crippen molar-refractivity contribution in [2.45, 2.75) is 68.8 Å². The topological polar surface area (TPSA) is 118 Å². The molecule has 13 heteroatoms. The minimum absolute atomic E-state index is 0.0265. The van der Waals surface area contributed by atoms with Gasteiger partial charge in [-0.3, -0.25) is 9.78 Å². The number of nitrogens with zero attached hydrogens (tertiary/aromatic N) is 5. The Balaban J connectivity index is 1.11. The largest absolute Gasteiger partial charge is 0.417 e. The van der Waals surface area contributed by atoms with Crippen molar-refractivity contribution >= 4 is 49.7 Å². The van der Waals surface area contributed by atoms with Crippen molar-refractivity contribution in [3.8, 4) is 5.69 Å². The maximum atomic E-state index is 13.1. The third-order valence-electron chi connectivity index (χ3n) is 8.03. The number of hydrogen-bond acceptors (Lipinski definition) is 7. The Hall–Kier alpha value is -3.32. The molecule has 0 aliphatic heterocycles. The van der Waals surface area contributed by atoms with Gasteiger partial charge in [-0.15, -0.1) is 0 Å². The van der Waals surface area contributed by atoms with Crippen LogP contribution in [0.25, 0.3) is 27.6 Å². The van der Waals surface area contributed by atoms with Crippen molar-refractivity contribution in [3.63, 3.8) is 0 Å². The van der Waals surface area contributed by atoms with Gasteiger partial charge in [0.25, 0.3) is 0 Å². The Bertz CT molecular complexity index is 1570. The fraction of sp³-hybridized carbons (Fsp3) is 0.444. The molecule has 210 valence electrons. The first-order chi connectivity index (χ1) is 19.1. The zero-order chi connectivity index (χ0) is 28.1. The summed E-state index contributed by atoms with van der Waals surface area (Å²) in [4.78, 5) is 26.4. The van der Waals surface area contributed by atoms with E-state index in [4.69, 9.17) is 4.98 Å². The summed E-state index contributed by atoms with van der Waals surface area (Å²) < 4.78 is 41.6. The highest BCUT2D eigenvalue weighted by Gasteiger charge is 2.54. The van der Waals surface area contributed by atoms with Crippen molar-refractivity contribution in [2.24, 2.45) is 5.92 Å². The second-order valence-corrected chi connectivity index (χ2v) is 11.4. The summed E-state index contributed by atoms with van der Waals surface area (Å²) in [6, 6.07) is 9.33. The van der Waals surface area contributed by atoms with Gasteiger partial charge >= 0.3 is 6.18 Å². The van der Waals surface area contributed by atoms with Crippen LogP contribution in [-0.2, 0) is 4.79 Å². The highest BCUT2D eigenvalue weighted by atomic mass is 79.9. The van der Waals surface area contributed by atoms with Crippen LogP contribution >= 0.6 is 15.9 Å². The first kappa shape index (κ1) is 26.9. The first-order valence-corrected chi connectivity index (χ1v) is 14.0. The smallest absolute Gasteiger partial charge is 0.380 e. The molecule has 1 aromatic carbocycles. The summed E-state index contributed by atoms with van der Waals surface area (Å²) in [5, 5.41) is 22.4. The molecule has 3 aromatic heterocycles. The summed E-state index contributed by atoms with van der Waals surface area (Å²) in [5.74, 6) is 0.0137. The molecule has 2 saturated carbocycles. The highest BCUT2D eigenvalue weighted by molar-refractivity contribution is 9.10. The number of rotatable bonds is 5. The number of nitrogens with one attached hydrogen (secondary N) is 2. The van der Waals surface area contributed by atoms with Crippen molar-refractivity contribution < 1.29 is 23.1 Å². The van der Waals surface area contributed by atoms with E-state index in [0.29, 0.717) is 29.0 Å². The Labute approximate surface area is 235 Å². The summed E-state index contributed by atoms with van der Waals surface area (Å²) in [7, 11) is 0. The number of anilines is 1. The molecule has 4 aromatic rings. The fourth-order valence-corrected chi connectivity index (χ4v) is 6.13. The zero-order valence-corrected chi connectivity index (χ0v) is 22.9. The molecule has 0 bridgehead atoms. The van der Waals surface area contributed by atoms with Gasteiger partial charge in [0.2, 0.25) is 11.9 Å². The number of fused-ring (bicyclic) bond motifs is 2. The van der Waals surface area contributed by atoms with Crippen LogP contribution in [0.3, 0.4) is 0 Å². The molecule has 9 nitrogen and oxygen atoms in total. The van der Waals surface area contributed by atoms with E-state index in [9.17, 15) is 23.1 Å². The Morgan fingerprint density at radius 2 is 1.90 bits per heavy atom. The highest BCUT2D eigenvalue weighted by Crippen LogP contribution is 2.41. The van der Waals surface area contributed by atoms with E-state index in [1.54, 1.807) is 17.1 Å². The lowest BCUT2D eigenvalue weighted by Gasteiger charge is -2.37. The van der Waals surface area contributed by atoms with Gasteiger partial charge in [0, 0.05) is 35.8 Å². The molecule has 2 aliphatic rings. The quantitative estimate of drug-likeness (QED) is 0.286. The first-order valence-electron chi connectivity index (χ1n) is 13.2. The predicted molar refractivity (Wildman–Crippen MR) is 146 cm³/mol. The molecule has 0 radical (unpaired) electrons. The number of benzene rings is 1. The van der Waals surface area contributed by atoms with Crippen LogP contribution in [0.15, 0.2) is 47.3 Å². The van der Waals surface area contributed by atoms with Crippen LogP contribution in [0.4, 0.5) is 19.1 Å². The van der Waals surface area contributed by atoms with Crippen LogP contribution in [0.1, 0.15) is 44.9 Å². The summed E-state index contributed by atoms with van der Waals surface area (Å²) in [6.07, 6.45) is 0.131. The van der Waals surface area contributed by atoms with Gasteiger partial charge in [0.05, 0.1) is 16.6 Å². The number of carbonyl (C=O) groups excluding carboxylic acids is 1. The summed E-state index contributed by atoms with van der Waals surface area (Å²) in [5.41, 5.74) is -0.329. The number of aromatic nitrogens is 5. The Morgan fingerprint density at radius 1 is 1.10 bits per heavy atom. The van der Waals surface area contributed by atoms with E-state index in [1.807, 2.05) is 30.3 Å². The van der Waals surface area contributed by atoms with E-state index in [0.717, 1.165) is 28.4 Å². The van der Waals surface area contributed by atoms with Crippen LogP contribution < -0.4 is 10.6 Å². The van der Waals surface area contributed by atoms with Gasteiger partial charge in [0.15, 0.2) is 11.2 Å². The normalized spacial score (nSPS) is 25.4. The van der Waals surface area contributed by atoms with Gasteiger partial charge in [-0.25, -0.2) is 9.67 Å². The number of halogens is 4. The Morgan fingerprint density at radius 3 is 2.67 bits per heavy atom. The number of aliphatic hydroxyl groups is 1. The predicted octanol–water partition coefficient (Wildman–Crippen LogP) is 5.06. The lowest BCUT2D eigenvalue weighted by Crippen LogP contribution is -2.51. The summed E-state index contributed by atoms with van der Waals surface area (Å²) >= 11 is 3.50. The van der Waals surface area contributed by atoms with Gasteiger partial charge < -0.3 is 15.7 Å². The molecule has 3 heterocycles. The van der Waals surface area contributed by atoms with E-state index in [-0.39, 0.29) is 36.8 Å². The maximum Gasteiger partial charge on any atom is 0.417 e. The lowest BCUT2D eigenvalue weighted by atomic mass is 9.81. The van der Waals surface area contributed by atoms with Gasteiger partial charge in [0.1, 0.15) is 4.60 Å². The van der Waals surface area contributed by atoms with Crippen molar-refractivity contribution in [2.75, 3.05) is 5.32 Å². The standard InChI is InChI=1S/C27H27BrF3N7O2/c28-22-20-14-33-25(36-23(20)38(37-22)19-5-6-21-15(13-19)2-1-11-32-21)35-18-4-3-16(12-18)24(39)34-17-7-9-26(40,10-8-17)27(29,30)31/h1-2,5-6,11,13-14,16-18,40H,3-4,7-10,12H2,(H,34,39)(H,33,35,36)/t16-,17-,18-,26-/m1/s1. The molecule has 2 fully saturated rings. The molecular weight excluding hydrogens is 591 g/mol. The monoisotopic (exact) mass is 617 g/mol. The molecule has 1 amide bonds. The average Bonchev–Trinajstić information content (AvgIpc) is 3.53. The summed E-state index contributed by atoms with van der Waals surface area (Å²) in [6.45, 7) is 0.